The van der Waals surface area contributed by atoms with Gasteiger partial charge in [-0.25, -0.2) is 8.42 Å². The van der Waals surface area contributed by atoms with Crippen LogP contribution in [-0.4, -0.2) is 42.9 Å². The fraction of sp³-hybridized carbons (Fsp3) is 0.333. The van der Waals surface area contributed by atoms with Crippen LogP contribution in [0.25, 0.3) is 0 Å². The number of nitrogens with zero attached hydrogens (tertiary/aromatic N) is 1. The smallest absolute Gasteiger partial charge is 0.261 e. The molecule has 0 bridgehead atoms. The number of ether oxygens (including phenoxy) is 1. The van der Waals surface area contributed by atoms with Gasteiger partial charge in [0, 0.05) is 23.2 Å². The van der Waals surface area contributed by atoms with Gasteiger partial charge in [-0.1, -0.05) is 29.8 Å². The van der Waals surface area contributed by atoms with Gasteiger partial charge in [-0.15, -0.1) is 0 Å². The molecule has 1 amide bonds. The zero-order valence-corrected chi connectivity index (χ0v) is 21.0. The van der Waals surface area contributed by atoms with Crippen LogP contribution in [0.5, 0.6) is 5.75 Å². The normalized spacial score (nSPS) is 11.5. The first-order valence-electron chi connectivity index (χ1n) is 9.77. The molecule has 31 heavy (non-hydrogen) atoms. The summed E-state index contributed by atoms with van der Waals surface area (Å²) in [5, 5.41) is 5.60. The van der Waals surface area contributed by atoms with Crippen molar-refractivity contribution in [2.24, 2.45) is 0 Å². The largest absolute Gasteiger partial charge is 0.490 e. The molecule has 0 aliphatic carbocycles. The predicted octanol–water partition coefficient (Wildman–Crippen LogP) is 4.39. The highest BCUT2D eigenvalue weighted by molar-refractivity contribution is 9.10. The Morgan fingerprint density at radius 3 is 2.29 bits per heavy atom. The Morgan fingerprint density at radius 1 is 1.13 bits per heavy atom. The molecule has 2 N–H and O–H groups in total. The topological polar surface area (TPSA) is 87.7 Å². The van der Waals surface area contributed by atoms with Gasteiger partial charge in [0.25, 0.3) is 5.91 Å². The molecule has 2 aromatic carbocycles. The summed E-state index contributed by atoms with van der Waals surface area (Å²) in [7, 11) is -3.54. The van der Waals surface area contributed by atoms with Crippen molar-refractivity contribution in [3.8, 4) is 5.75 Å². The number of sulfonamides is 1. The first kappa shape index (κ1) is 25.3. The lowest BCUT2D eigenvalue weighted by Crippen LogP contribution is -2.34. The molecule has 0 heterocycles. The number of hydrogen-bond acceptors (Lipinski definition) is 5. The minimum absolute atomic E-state index is 0.0832. The zero-order valence-electron chi connectivity index (χ0n) is 17.8. The number of carbonyl (C=O) groups is 1. The molecule has 168 valence electrons. The van der Waals surface area contributed by atoms with Gasteiger partial charge >= 0.3 is 0 Å². The van der Waals surface area contributed by atoms with Crippen LogP contribution >= 0.6 is 28.1 Å². The maximum Gasteiger partial charge on any atom is 0.261 e. The van der Waals surface area contributed by atoms with E-state index in [1.54, 1.807) is 44.2 Å². The van der Waals surface area contributed by atoms with Crippen molar-refractivity contribution in [1.82, 2.24) is 9.62 Å². The Labute approximate surface area is 197 Å². The SMILES string of the molecule is CCN(CC)S(=O)(=O)c1ccc(NC(=S)NC(=O)c2cc(Br)ccc2OC(C)C)cc1. The molecule has 0 radical (unpaired) electrons. The van der Waals surface area contributed by atoms with Crippen molar-refractivity contribution in [2.75, 3.05) is 18.4 Å². The summed E-state index contributed by atoms with van der Waals surface area (Å²) < 4.78 is 33.0. The van der Waals surface area contributed by atoms with E-state index in [1.165, 1.54) is 16.4 Å². The maximum absolute atomic E-state index is 12.7. The minimum atomic E-state index is -3.54. The van der Waals surface area contributed by atoms with E-state index in [0.29, 0.717) is 30.1 Å². The number of anilines is 1. The number of rotatable bonds is 8. The first-order chi connectivity index (χ1) is 14.6. The van der Waals surface area contributed by atoms with Crippen LogP contribution in [0.1, 0.15) is 38.1 Å². The first-order valence-corrected chi connectivity index (χ1v) is 12.4. The molecule has 0 saturated heterocycles. The lowest BCUT2D eigenvalue weighted by Gasteiger charge is -2.18. The molecule has 0 aliphatic rings. The van der Waals surface area contributed by atoms with Crippen LogP contribution in [0.15, 0.2) is 51.8 Å². The third kappa shape index (κ3) is 6.73. The standard InChI is InChI=1S/C21H26BrN3O4S2/c1-5-25(6-2)31(27,28)17-10-8-16(9-11-17)23-21(30)24-20(26)18-13-15(22)7-12-19(18)29-14(3)4/h7-14H,5-6H2,1-4H3,(H2,23,24,26,30). The zero-order chi connectivity index (χ0) is 23.2. The molecule has 0 spiro atoms. The molecule has 0 saturated carbocycles. The van der Waals surface area contributed by atoms with Crippen LogP contribution in [0.3, 0.4) is 0 Å². The monoisotopic (exact) mass is 527 g/mol. The van der Waals surface area contributed by atoms with Crippen molar-refractivity contribution in [3.05, 3.63) is 52.5 Å². The second kappa shape index (κ2) is 11.0. The van der Waals surface area contributed by atoms with E-state index in [2.05, 4.69) is 26.6 Å². The van der Waals surface area contributed by atoms with Crippen LogP contribution in [0.2, 0.25) is 0 Å². The van der Waals surface area contributed by atoms with E-state index in [0.717, 1.165) is 4.47 Å². The van der Waals surface area contributed by atoms with E-state index in [1.807, 2.05) is 13.8 Å². The Balaban J connectivity index is 2.10. The number of carbonyl (C=O) groups excluding carboxylic acids is 1. The second-order valence-electron chi connectivity index (χ2n) is 6.83. The van der Waals surface area contributed by atoms with Crippen LogP contribution < -0.4 is 15.4 Å². The number of benzene rings is 2. The predicted molar refractivity (Wildman–Crippen MR) is 130 cm³/mol. The number of amides is 1. The van der Waals surface area contributed by atoms with E-state index in [4.69, 9.17) is 17.0 Å². The summed E-state index contributed by atoms with van der Waals surface area (Å²) >= 11 is 8.60. The lowest BCUT2D eigenvalue weighted by atomic mass is 10.2. The van der Waals surface area contributed by atoms with Crippen LogP contribution in [0, 0.1) is 0 Å². The molecule has 0 fully saturated rings. The van der Waals surface area contributed by atoms with Gasteiger partial charge in [-0.05, 0) is 68.5 Å². The van der Waals surface area contributed by atoms with E-state index < -0.39 is 15.9 Å². The lowest BCUT2D eigenvalue weighted by molar-refractivity contribution is 0.0972. The number of hydrogen-bond donors (Lipinski definition) is 2. The molecule has 0 aromatic heterocycles. The van der Waals surface area contributed by atoms with Gasteiger partial charge in [0.2, 0.25) is 10.0 Å². The van der Waals surface area contributed by atoms with Crippen molar-refractivity contribution in [3.63, 3.8) is 0 Å². The average Bonchev–Trinajstić information content (AvgIpc) is 2.70. The highest BCUT2D eigenvalue weighted by Crippen LogP contribution is 2.24. The van der Waals surface area contributed by atoms with Gasteiger partial charge in [-0.2, -0.15) is 4.31 Å². The molecule has 10 heteroatoms. The van der Waals surface area contributed by atoms with Crippen molar-refractivity contribution in [1.29, 1.82) is 0 Å². The van der Waals surface area contributed by atoms with Gasteiger partial charge in [-0.3, -0.25) is 10.1 Å². The highest BCUT2D eigenvalue weighted by Gasteiger charge is 2.21. The average molecular weight is 528 g/mol. The quantitative estimate of drug-likeness (QED) is 0.495. The summed E-state index contributed by atoms with van der Waals surface area (Å²) in [5.74, 6) is 0.0274. The summed E-state index contributed by atoms with van der Waals surface area (Å²) in [6.07, 6.45) is -0.0936. The number of halogens is 1. The number of nitrogens with one attached hydrogen (secondary N) is 2. The summed E-state index contributed by atoms with van der Waals surface area (Å²) in [4.78, 5) is 12.9. The fourth-order valence-electron chi connectivity index (χ4n) is 2.79. The Kier molecular flexibility index (Phi) is 8.99. The van der Waals surface area contributed by atoms with Crippen molar-refractivity contribution in [2.45, 2.75) is 38.7 Å². The Morgan fingerprint density at radius 2 is 1.74 bits per heavy atom. The molecular weight excluding hydrogens is 502 g/mol. The van der Waals surface area contributed by atoms with Gasteiger partial charge < -0.3 is 10.1 Å². The van der Waals surface area contributed by atoms with Gasteiger partial charge in [0.1, 0.15) is 5.75 Å². The van der Waals surface area contributed by atoms with E-state index in [-0.39, 0.29) is 16.1 Å². The summed E-state index contributed by atoms with van der Waals surface area (Å²) in [5.41, 5.74) is 0.893. The molecule has 0 atom stereocenters. The molecular formula is C21H26BrN3O4S2. The third-order valence-electron chi connectivity index (χ3n) is 4.23. The Bertz CT molecular complexity index is 1040. The molecule has 7 nitrogen and oxygen atoms in total. The van der Waals surface area contributed by atoms with Gasteiger partial charge in [0.15, 0.2) is 5.11 Å². The maximum atomic E-state index is 12.7. The van der Waals surface area contributed by atoms with Crippen LogP contribution in [-0.2, 0) is 10.0 Å². The number of thiocarbonyl (C=S) groups is 1. The Hall–Kier alpha value is -2.01. The third-order valence-corrected chi connectivity index (χ3v) is 6.99. The second-order valence-corrected chi connectivity index (χ2v) is 10.1. The molecule has 2 aromatic rings. The minimum Gasteiger partial charge on any atom is -0.490 e. The van der Waals surface area contributed by atoms with Crippen LogP contribution in [0.4, 0.5) is 5.69 Å². The highest BCUT2D eigenvalue weighted by atomic mass is 79.9. The summed E-state index contributed by atoms with van der Waals surface area (Å²) in [6, 6.07) is 11.4. The molecule has 0 aliphatic heterocycles. The van der Waals surface area contributed by atoms with Gasteiger partial charge in [0.05, 0.1) is 16.6 Å². The van der Waals surface area contributed by atoms with Crippen molar-refractivity contribution >= 4 is 54.9 Å². The molecule has 0 unspecified atom stereocenters. The molecule has 2 rings (SSSR count). The van der Waals surface area contributed by atoms with Crippen molar-refractivity contribution < 1.29 is 17.9 Å². The van der Waals surface area contributed by atoms with E-state index in [9.17, 15) is 13.2 Å². The summed E-state index contributed by atoms with van der Waals surface area (Å²) in [6.45, 7) is 8.13. The van der Waals surface area contributed by atoms with E-state index >= 15 is 0 Å². The fourth-order valence-corrected chi connectivity index (χ4v) is 4.82.